The molecule has 3 heterocycles. The molecule has 0 saturated carbocycles. The highest BCUT2D eigenvalue weighted by atomic mass is 32.2. The number of benzene rings is 2. The lowest BCUT2D eigenvalue weighted by Crippen LogP contribution is -2.41. The van der Waals surface area contributed by atoms with Crippen LogP contribution in [0.1, 0.15) is 17.8 Å². The second-order valence-corrected chi connectivity index (χ2v) is 11.9. The zero-order valence-electron chi connectivity index (χ0n) is 17.3. The van der Waals surface area contributed by atoms with E-state index in [1.54, 1.807) is 11.3 Å². The normalized spacial score (nSPS) is 16.0. The smallest absolute Gasteiger partial charge is 0.243 e. The molecule has 33 heavy (non-hydrogen) atoms. The summed E-state index contributed by atoms with van der Waals surface area (Å²) in [4.78, 5) is 21.5. The van der Waals surface area contributed by atoms with Crippen LogP contribution in [0, 0.1) is 24.5 Å². The first-order valence-corrected chi connectivity index (χ1v) is 13.2. The van der Waals surface area contributed by atoms with Crippen molar-refractivity contribution in [1.82, 2.24) is 14.3 Å². The quantitative estimate of drug-likeness (QED) is 0.437. The number of aromatic nitrogens is 2. The van der Waals surface area contributed by atoms with Crippen LogP contribution in [0.25, 0.3) is 20.4 Å². The highest BCUT2D eigenvalue weighted by Crippen LogP contribution is 2.36. The average Bonchev–Trinajstić information content (AvgIpc) is 3.37. The summed E-state index contributed by atoms with van der Waals surface area (Å²) in [5, 5.41) is 4.32. The number of rotatable bonds is 4. The predicted molar refractivity (Wildman–Crippen MR) is 124 cm³/mol. The second-order valence-electron chi connectivity index (χ2n) is 7.76. The molecule has 12 heteroatoms. The van der Waals surface area contributed by atoms with Crippen molar-refractivity contribution in [2.24, 2.45) is 5.92 Å². The summed E-state index contributed by atoms with van der Waals surface area (Å²) >= 11 is 2.98. The Morgan fingerprint density at radius 1 is 1.03 bits per heavy atom. The van der Waals surface area contributed by atoms with Gasteiger partial charge in [0.15, 0.2) is 16.8 Å². The monoisotopic (exact) mass is 508 g/mol. The first-order valence-electron chi connectivity index (χ1n) is 10.1. The average molecular weight is 509 g/mol. The fourth-order valence-electron chi connectivity index (χ4n) is 3.89. The molecule has 1 N–H and O–H groups in total. The molecule has 1 fully saturated rings. The third-order valence-corrected chi connectivity index (χ3v) is 9.63. The first-order chi connectivity index (χ1) is 15.7. The van der Waals surface area contributed by atoms with Gasteiger partial charge in [0, 0.05) is 19.0 Å². The SMILES string of the molecule is Cc1nc2ccc3nc(NC(=O)C4CCN(S(=O)(=O)c5ccc(F)c(F)c5)CC4)sc3c2s1. The van der Waals surface area contributed by atoms with Crippen LogP contribution < -0.4 is 5.32 Å². The van der Waals surface area contributed by atoms with Crippen LogP contribution in [0.5, 0.6) is 0 Å². The number of nitrogens with zero attached hydrogens (tertiary/aromatic N) is 3. The molecule has 0 atom stereocenters. The van der Waals surface area contributed by atoms with Gasteiger partial charge < -0.3 is 5.32 Å². The van der Waals surface area contributed by atoms with Crippen molar-refractivity contribution >= 4 is 64.2 Å². The van der Waals surface area contributed by atoms with Crippen LogP contribution in [0.15, 0.2) is 35.2 Å². The van der Waals surface area contributed by atoms with Crippen molar-refractivity contribution < 1.29 is 22.0 Å². The summed E-state index contributed by atoms with van der Waals surface area (Å²) < 4.78 is 55.4. The third kappa shape index (κ3) is 4.12. The number of thiazole rings is 2. The molecule has 172 valence electrons. The van der Waals surface area contributed by atoms with Gasteiger partial charge in [0.25, 0.3) is 0 Å². The molecule has 7 nitrogen and oxygen atoms in total. The number of amides is 1. The molecular formula is C21H18F2N4O3S3. The highest BCUT2D eigenvalue weighted by molar-refractivity contribution is 7.89. The fraction of sp³-hybridized carbons (Fsp3) is 0.286. The van der Waals surface area contributed by atoms with Crippen molar-refractivity contribution in [3.63, 3.8) is 0 Å². The first kappa shape index (κ1) is 22.3. The number of nitrogens with one attached hydrogen (secondary N) is 1. The van der Waals surface area contributed by atoms with Crippen LogP contribution in [0.4, 0.5) is 13.9 Å². The number of piperidine rings is 1. The predicted octanol–water partition coefficient (Wildman–Crippen LogP) is 4.53. The van der Waals surface area contributed by atoms with Crippen molar-refractivity contribution in [3.05, 3.63) is 47.0 Å². The summed E-state index contributed by atoms with van der Waals surface area (Å²) in [5.41, 5.74) is 1.69. The van der Waals surface area contributed by atoms with Crippen LogP contribution in [-0.4, -0.2) is 41.7 Å². The molecule has 1 amide bonds. The Morgan fingerprint density at radius 2 is 1.70 bits per heavy atom. The molecule has 2 aromatic heterocycles. The van der Waals surface area contributed by atoms with E-state index >= 15 is 0 Å². The number of hydrogen-bond acceptors (Lipinski definition) is 7. The molecule has 2 aromatic carbocycles. The molecule has 0 unspecified atom stereocenters. The van der Waals surface area contributed by atoms with E-state index in [1.807, 2.05) is 19.1 Å². The second kappa shape index (κ2) is 8.35. The zero-order valence-corrected chi connectivity index (χ0v) is 19.8. The molecular weight excluding hydrogens is 490 g/mol. The summed E-state index contributed by atoms with van der Waals surface area (Å²) in [7, 11) is -3.97. The van der Waals surface area contributed by atoms with E-state index in [9.17, 15) is 22.0 Å². The van der Waals surface area contributed by atoms with Gasteiger partial charge in [-0.2, -0.15) is 4.31 Å². The Balaban J connectivity index is 1.27. The fourth-order valence-corrected chi connectivity index (χ4v) is 7.38. The van der Waals surface area contributed by atoms with E-state index in [4.69, 9.17) is 0 Å². The van der Waals surface area contributed by atoms with Gasteiger partial charge >= 0.3 is 0 Å². The van der Waals surface area contributed by atoms with Crippen molar-refractivity contribution in [2.45, 2.75) is 24.7 Å². The Bertz CT molecular complexity index is 1490. The van der Waals surface area contributed by atoms with Crippen LogP contribution >= 0.6 is 22.7 Å². The topological polar surface area (TPSA) is 92.3 Å². The number of fused-ring (bicyclic) bond motifs is 3. The minimum absolute atomic E-state index is 0.111. The van der Waals surface area contributed by atoms with E-state index in [2.05, 4.69) is 15.3 Å². The number of hydrogen-bond donors (Lipinski definition) is 1. The summed E-state index contributed by atoms with van der Waals surface area (Å²) in [6.07, 6.45) is 0.635. The molecule has 1 aliphatic rings. The van der Waals surface area contributed by atoms with Gasteiger partial charge in [0.2, 0.25) is 15.9 Å². The van der Waals surface area contributed by atoms with Gasteiger partial charge in [-0.15, -0.1) is 11.3 Å². The van der Waals surface area contributed by atoms with E-state index in [0.717, 1.165) is 37.6 Å². The molecule has 0 radical (unpaired) electrons. The van der Waals surface area contributed by atoms with Crippen LogP contribution in [0.3, 0.4) is 0 Å². The summed E-state index contributed by atoms with van der Waals surface area (Å²) in [6.45, 7) is 2.17. The minimum atomic E-state index is -3.97. The maximum absolute atomic E-state index is 13.5. The Morgan fingerprint density at radius 3 is 2.39 bits per heavy atom. The van der Waals surface area contributed by atoms with Gasteiger partial charge in [-0.1, -0.05) is 11.3 Å². The number of anilines is 1. The van der Waals surface area contributed by atoms with Crippen LogP contribution in [0.2, 0.25) is 0 Å². The largest absolute Gasteiger partial charge is 0.302 e. The highest BCUT2D eigenvalue weighted by Gasteiger charge is 2.33. The lowest BCUT2D eigenvalue weighted by Gasteiger charge is -2.30. The number of aryl methyl sites for hydroxylation is 1. The number of sulfonamides is 1. The van der Waals surface area contributed by atoms with Crippen molar-refractivity contribution in [1.29, 1.82) is 0 Å². The summed E-state index contributed by atoms with van der Waals surface area (Å²) in [5.74, 6) is -2.91. The van der Waals surface area contributed by atoms with Gasteiger partial charge in [-0.25, -0.2) is 27.2 Å². The number of carbonyl (C=O) groups excluding carboxylic acids is 1. The van der Waals surface area contributed by atoms with E-state index in [0.29, 0.717) is 24.0 Å². The van der Waals surface area contributed by atoms with Crippen molar-refractivity contribution in [3.8, 4) is 0 Å². The van der Waals surface area contributed by atoms with Gasteiger partial charge in [-0.05, 0) is 50.1 Å². The van der Waals surface area contributed by atoms with Gasteiger partial charge in [-0.3, -0.25) is 4.79 Å². The van der Waals surface area contributed by atoms with E-state index < -0.39 is 21.7 Å². The molecule has 5 rings (SSSR count). The maximum Gasteiger partial charge on any atom is 0.243 e. The third-order valence-electron chi connectivity index (χ3n) is 5.60. The molecule has 0 bridgehead atoms. The van der Waals surface area contributed by atoms with E-state index in [-0.39, 0.29) is 29.8 Å². The van der Waals surface area contributed by atoms with Crippen molar-refractivity contribution in [2.75, 3.05) is 18.4 Å². The van der Waals surface area contributed by atoms with Crippen LogP contribution in [-0.2, 0) is 14.8 Å². The molecule has 1 aliphatic heterocycles. The lowest BCUT2D eigenvalue weighted by molar-refractivity contribution is -0.120. The zero-order chi connectivity index (χ0) is 23.3. The van der Waals surface area contributed by atoms with Gasteiger partial charge in [0.1, 0.15) is 0 Å². The number of carbonyl (C=O) groups is 1. The Kier molecular flexibility index (Phi) is 5.63. The molecule has 1 saturated heterocycles. The minimum Gasteiger partial charge on any atom is -0.302 e. The molecule has 0 spiro atoms. The lowest BCUT2D eigenvalue weighted by atomic mass is 9.97. The van der Waals surface area contributed by atoms with Gasteiger partial charge in [0.05, 0.1) is 30.3 Å². The molecule has 4 aromatic rings. The molecule has 0 aliphatic carbocycles. The van der Waals surface area contributed by atoms with E-state index in [1.165, 1.54) is 15.6 Å². The Hall–Kier alpha value is -2.54. The maximum atomic E-state index is 13.5. The Labute approximate surface area is 196 Å². The summed E-state index contributed by atoms with van der Waals surface area (Å²) in [6, 6.07) is 6.31. The standard InChI is InChI=1S/C21H18F2N4O3S3/c1-11-24-16-4-5-17-19(18(16)31-11)32-21(25-17)26-20(28)12-6-8-27(9-7-12)33(29,30)13-2-3-14(22)15(23)10-13/h2-5,10,12H,6-9H2,1H3,(H,25,26,28). The number of halogens is 2.